The summed E-state index contributed by atoms with van der Waals surface area (Å²) in [5.41, 5.74) is 0.362. The molecule has 4 atom stereocenters. The Hall–Kier alpha value is -3.33. The third kappa shape index (κ3) is 4.36. The van der Waals surface area contributed by atoms with Crippen molar-refractivity contribution >= 4 is 51.6 Å². The van der Waals surface area contributed by atoms with E-state index < -0.39 is 68.1 Å². The van der Waals surface area contributed by atoms with Crippen molar-refractivity contribution < 1.29 is 37.5 Å². The molecule has 15 heteroatoms. The molecule has 0 aliphatic carbocycles. The van der Waals surface area contributed by atoms with Crippen LogP contribution in [0.1, 0.15) is 25.5 Å². The Morgan fingerprint density at radius 1 is 1.14 bits per heavy atom. The lowest BCUT2D eigenvalue weighted by atomic mass is 9.95. The van der Waals surface area contributed by atoms with E-state index in [-0.39, 0.29) is 13.1 Å². The van der Waals surface area contributed by atoms with Crippen molar-refractivity contribution in [1.82, 2.24) is 24.7 Å². The average molecular weight is 540 g/mol. The molecule has 0 spiro atoms. The van der Waals surface area contributed by atoms with Gasteiger partial charge < -0.3 is 20.6 Å². The molecule has 0 radical (unpaired) electrons. The minimum atomic E-state index is -3.87. The number of sulfonamides is 1. The second-order valence-corrected chi connectivity index (χ2v) is 12.8. The number of hydrogen-bond acceptors (Lipinski definition) is 8. The van der Waals surface area contributed by atoms with Crippen molar-refractivity contribution in [3.05, 3.63) is 35.9 Å². The first-order chi connectivity index (χ1) is 16.7. The number of urea groups is 2. The van der Waals surface area contributed by atoms with Gasteiger partial charge in [0.1, 0.15) is 23.5 Å². The van der Waals surface area contributed by atoms with Crippen LogP contribution < -0.4 is 10.6 Å². The van der Waals surface area contributed by atoms with Gasteiger partial charge in [0.15, 0.2) is 0 Å². The largest absolute Gasteiger partial charge is 0.480 e. The number of amides is 6. The van der Waals surface area contributed by atoms with Gasteiger partial charge in [-0.15, -0.1) is 11.8 Å². The fourth-order valence-electron chi connectivity index (χ4n) is 4.54. The number of β-lactam (4-membered cyclic amide) rings is 1. The van der Waals surface area contributed by atoms with E-state index in [0.29, 0.717) is 14.8 Å². The maximum absolute atomic E-state index is 13.3. The van der Waals surface area contributed by atoms with Gasteiger partial charge in [-0.3, -0.25) is 9.59 Å². The summed E-state index contributed by atoms with van der Waals surface area (Å²) in [6, 6.07) is 2.76. The van der Waals surface area contributed by atoms with Crippen LogP contribution in [-0.4, -0.2) is 99.0 Å². The van der Waals surface area contributed by atoms with Crippen molar-refractivity contribution in [1.29, 1.82) is 0 Å². The molecule has 0 saturated carbocycles. The van der Waals surface area contributed by atoms with Crippen LogP contribution in [0.5, 0.6) is 0 Å². The smallest absolute Gasteiger partial charge is 0.341 e. The zero-order valence-electron chi connectivity index (χ0n) is 19.6. The highest BCUT2D eigenvalue weighted by Crippen LogP contribution is 2.50. The molecule has 3 unspecified atom stereocenters. The average Bonchev–Trinajstić information content (AvgIpc) is 3.31. The fraction of sp³-hybridized carbons (Fsp3) is 0.476. The van der Waals surface area contributed by atoms with Crippen molar-refractivity contribution in [2.45, 2.75) is 42.1 Å². The van der Waals surface area contributed by atoms with E-state index in [9.17, 15) is 37.5 Å². The third-order valence-corrected chi connectivity index (χ3v) is 8.96. The molecule has 0 bridgehead atoms. The maximum atomic E-state index is 13.3. The summed E-state index contributed by atoms with van der Waals surface area (Å²) in [6.45, 7) is 3.02. The number of nitrogens with zero attached hydrogens (tertiary/aromatic N) is 3. The molecule has 4 rings (SSSR count). The zero-order valence-corrected chi connectivity index (χ0v) is 21.2. The number of hydrogen-bond donors (Lipinski definition) is 3. The highest BCUT2D eigenvalue weighted by molar-refractivity contribution is 8.01. The van der Waals surface area contributed by atoms with E-state index in [4.69, 9.17) is 0 Å². The van der Waals surface area contributed by atoms with Crippen LogP contribution in [0.4, 0.5) is 9.59 Å². The van der Waals surface area contributed by atoms with E-state index >= 15 is 0 Å². The van der Waals surface area contributed by atoms with Crippen LogP contribution >= 0.6 is 11.8 Å². The molecule has 0 aromatic heterocycles. The molecule has 13 nitrogen and oxygen atoms in total. The van der Waals surface area contributed by atoms with Crippen molar-refractivity contribution in [3.8, 4) is 0 Å². The van der Waals surface area contributed by atoms with Gasteiger partial charge in [-0.1, -0.05) is 30.3 Å². The Bertz CT molecular complexity index is 1240. The van der Waals surface area contributed by atoms with Crippen molar-refractivity contribution in [2.24, 2.45) is 0 Å². The minimum Gasteiger partial charge on any atom is -0.480 e. The highest BCUT2D eigenvalue weighted by Gasteiger charge is 2.64. The molecular weight excluding hydrogens is 514 g/mol. The fourth-order valence-corrected chi connectivity index (χ4v) is 6.96. The molecule has 3 saturated heterocycles. The number of carbonyl (C=O) groups excluding carboxylic acids is 4. The number of fused-ring (bicyclic) bond motifs is 1. The lowest BCUT2D eigenvalue weighted by molar-refractivity contribution is -0.161. The molecule has 3 heterocycles. The van der Waals surface area contributed by atoms with E-state index in [1.165, 1.54) is 16.7 Å². The number of benzene rings is 1. The third-order valence-electron chi connectivity index (χ3n) is 6.25. The van der Waals surface area contributed by atoms with E-state index in [1.54, 1.807) is 44.2 Å². The molecule has 1 aromatic rings. The lowest BCUT2D eigenvalue weighted by Gasteiger charge is -2.44. The number of carboxylic acids is 1. The van der Waals surface area contributed by atoms with Gasteiger partial charge in [0.25, 0.3) is 0 Å². The Morgan fingerprint density at radius 3 is 2.33 bits per heavy atom. The second kappa shape index (κ2) is 8.96. The van der Waals surface area contributed by atoms with E-state index in [2.05, 4.69) is 10.6 Å². The maximum Gasteiger partial charge on any atom is 0.341 e. The lowest BCUT2D eigenvalue weighted by Crippen LogP contribution is -2.71. The van der Waals surface area contributed by atoms with Gasteiger partial charge in [0.05, 0.1) is 19.3 Å². The Labute approximate surface area is 211 Å². The van der Waals surface area contributed by atoms with Crippen LogP contribution in [0.25, 0.3) is 0 Å². The predicted molar refractivity (Wildman–Crippen MR) is 127 cm³/mol. The number of carbonyl (C=O) groups is 5. The van der Waals surface area contributed by atoms with Gasteiger partial charge in [-0.25, -0.2) is 32.0 Å². The summed E-state index contributed by atoms with van der Waals surface area (Å²) in [5, 5.41) is 14.0. The standard InChI is InChI=1S/C21H25N5O8S2/c1-21(2)14(18(29)30)26-16(28)13(17(26)35-21)22-15(27)12(11-7-5-4-6-8-11)23-19(31)24-9-10-25(20(24)32)36(3,33)34/h4-8,12-14,17H,9-10H2,1-3H3,(H,22,27)(H,23,31)(H,29,30)/t12-,13?,14?,17?/m1/s1. The summed E-state index contributed by atoms with van der Waals surface area (Å²) in [6.07, 6.45) is 0.850. The normalized spacial score (nSPS) is 25.8. The van der Waals surface area contributed by atoms with Crippen LogP contribution in [0.2, 0.25) is 0 Å². The molecule has 3 aliphatic rings. The number of imide groups is 1. The number of carboxylic acid groups (broad SMARTS) is 1. The highest BCUT2D eigenvalue weighted by atomic mass is 32.2. The molecule has 3 fully saturated rings. The van der Waals surface area contributed by atoms with Gasteiger partial charge >= 0.3 is 18.0 Å². The monoisotopic (exact) mass is 539 g/mol. The molecule has 194 valence electrons. The summed E-state index contributed by atoms with van der Waals surface area (Å²) < 4.78 is 23.3. The number of aliphatic carboxylic acids is 1. The summed E-state index contributed by atoms with van der Waals surface area (Å²) in [4.78, 5) is 65.0. The van der Waals surface area contributed by atoms with Crippen LogP contribution in [0, 0.1) is 0 Å². The van der Waals surface area contributed by atoms with Crippen molar-refractivity contribution in [3.63, 3.8) is 0 Å². The first-order valence-electron chi connectivity index (χ1n) is 10.9. The summed E-state index contributed by atoms with van der Waals surface area (Å²) in [5.74, 6) is -2.42. The summed E-state index contributed by atoms with van der Waals surface area (Å²) >= 11 is 1.26. The quantitative estimate of drug-likeness (QED) is 0.413. The van der Waals surface area contributed by atoms with E-state index in [0.717, 1.165) is 6.26 Å². The molecule has 3 aliphatic heterocycles. The molecule has 3 N–H and O–H groups in total. The molecule has 6 amide bonds. The minimum absolute atomic E-state index is 0.193. The molecule has 36 heavy (non-hydrogen) atoms. The van der Waals surface area contributed by atoms with Crippen LogP contribution in [0.15, 0.2) is 30.3 Å². The van der Waals surface area contributed by atoms with Gasteiger partial charge in [-0.2, -0.15) is 0 Å². The Morgan fingerprint density at radius 2 is 1.78 bits per heavy atom. The van der Waals surface area contributed by atoms with Gasteiger partial charge in [-0.05, 0) is 19.4 Å². The second-order valence-electron chi connectivity index (χ2n) is 9.15. The number of nitrogens with one attached hydrogen (secondary N) is 2. The van der Waals surface area contributed by atoms with Gasteiger partial charge in [0, 0.05) is 4.75 Å². The first kappa shape index (κ1) is 25.8. The van der Waals surface area contributed by atoms with E-state index in [1.807, 2.05) is 0 Å². The first-order valence-corrected chi connectivity index (χ1v) is 13.6. The summed E-state index contributed by atoms with van der Waals surface area (Å²) in [7, 11) is -3.87. The molecular formula is C21H25N5O8S2. The van der Waals surface area contributed by atoms with Crippen LogP contribution in [-0.2, 0) is 24.4 Å². The van der Waals surface area contributed by atoms with Crippen LogP contribution in [0.3, 0.4) is 0 Å². The SMILES string of the molecule is CC1(C)SC2C(NC(=O)[C@H](NC(=O)N3CCN(S(C)(=O)=O)C3=O)c3ccccc3)C(=O)N2C1C(=O)O. The van der Waals surface area contributed by atoms with Crippen molar-refractivity contribution in [2.75, 3.05) is 19.3 Å². The zero-order chi connectivity index (χ0) is 26.6. The number of thioether (sulfide) groups is 1. The Kier molecular flexibility index (Phi) is 6.41. The number of rotatable bonds is 6. The Balaban J connectivity index is 1.51. The topological polar surface area (TPSA) is 173 Å². The molecule has 1 aromatic carbocycles. The van der Waals surface area contributed by atoms with Gasteiger partial charge in [0.2, 0.25) is 21.8 Å². The predicted octanol–water partition coefficient (Wildman–Crippen LogP) is -0.234.